The average molecular weight is 987 g/mol. The minimum Gasteiger partial charge on any atom is -0.488 e. The van der Waals surface area contributed by atoms with Crippen LogP contribution in [0.2, 0.25) is 0 Å². The summed E-state index contributed by atoms with van der Waals surface area (Å²) in [5, 5.41) is 13.0. The first kappa shape index (κ1) is 55.5. The van der Waals surface area contributed by atoms with E-state index in [1.165, 1.54) is 6.42 Å². The molecule has 8 nitrogen and oxygen atoms in total. The first-order chi connectivity index (χ1) is 33.1. The van der Waals surface area contributed by atoms with E-state index in [-0.39, 0.29) is 29.5 Å². The SMILES string of the molecule is CC(C)(C)CC(SCCCCC(CO)COC(C(C)(C)CC(C)(C)Oc1ccc2cc(-c3ccccc3)c(=O)oc2c1)C(C)(C)CC(C)(C)Oc1ccc2cc(-c3ccccc3)c(=O)oc2c1)C(C)(C)C. The summed E-state index contributed by atoms with van der Waals surface area (Å²) < 4.78 is 32.5. The van der Waals surface area contributed by atoms with Crippen LogP contribution in [0.1, 0.15) is 135 Å². The standard InChI is InChI=1S/C62H82O8S/c1-57(2,3)37-53(58(4,5)6)71-32-22-21-23-42(38-63)39-66-56(59(7,8)40-61(11,12)69-47-30-28-45-33-49(43-24-17-15-18-25-43)54(64)67-51(45)35-47)60(9,10)41-62(13,14)70-48-31-29-46-34-50(44-26-19-16-20-27-44)55(65)68-52(46)36-48/h15-20,24-31,33-36,42,53,56,63H,21-23,32,37-41H2,1-14H3. The molecule has 6 aromatic rings. The van der Waals surface area contributed by atoms with E-state index in [1.54, 1.807) is 12.1 Å². The fraction of sp³-hybridized carbons (Fsp3) is 0.516. The first-order valence-corrected chi connectivity index (χ1v) is 26.7. The Labute approximate surface area is 428 Å². The Bertz CT molecular complexity index is 2620. The molecule has 4 aromatic carbocycles. The summed E-state index contributed by atoms with van der Waals surface area (Å²) in [6.07, 6.45) is 5.10. The fourth-order valence-electron chi connectivity index (χ4n) is 10.9. The summed E-state index contributed by atoms with van der Waals surface area (Å²) in [4.78, 5) is 26.3. The van der Waals surface area contributed by atoms with E-state index >= 15 is 0 Å². The Morgan fingerprint density at radius 3 is 1.44 bits per heavy atom. The number of benzene rings is 4. The number of aliphatic hydroxyl groups excluding tert-OH is 1. The lowest BCUT2D eigenvalue weighted by Crippen LogP contribution is -2.51. The highest BCUT2D eigenvalue weighted by atomic mass is 32.2. The highest BCUT2D eigenvalue weighted by Crippen LogP contribution is 2.47. The molecular formula is C62H82O8S. The highest BCUT2D eigenvalue weighted by molar-refractivity contribution is 7.99. The van der Waals surface area contributed by atoms with Gasteiger partial charge >= 0.3 is 11.3 Å². The van der Waals surface area contributed by atoms with E-state index in [0.29, 0.717) is 58.5 Å². The van der Waals surface area contributed by atoms with Gasteiger partial charge in [-0.15, -0.1) is 0 Å². The van der Waals surface area contributed by atoms with E-state index in [0.717, 1.165) is 46.9 Å². The van der Waals surface area contributed by atoms with Crippen LogP contribution in [0.4, 0.5) is 0 Å². The van der Waals surface area contributed by atoms with Crippen LogP contribution in [0.25, 0.3) is 44.2 Å². The van der Waals surface area contributed by atoms with E-state index in [4.69, 9.17) is 23.0 Å². The lowest BCUT2D eigenvalue weighted by Gasteiger charge is -2.49. The quantitative estimate of drug-likeness (QED) is 0.0496. The molecule has 0 aliphatic carbocycles. The molecule has 384 valence electrons. The normalized spacial score (nSPS) is 14.0. The number of fused-ring (bicyclic) bond motifs is 2. The second-order valence-corrected chi connectivity index (χ2v) is 26.1. The minimum atomic E-state index is -0.674. The van der Waals surface area contributed by atoms with Gasteiger partial charge in [0, 0.05) is 40.7 Å². The fourth-order valence-corrected chi connectivity index (χ4v) is 12.7. The minimum absolute atomic E-state index is 0.0140. The van der Waals surface area contributed by atoms with Crippen molar-refractivity contribution in [3.05, 3.63) is 130 Å². The van der Waals surface area contributed by atoms with Crippen molar-refractivity contribution in [1.29, 1.82) is 0 Å². The van der Waals surface area contributed by atoms with Crippen molar-refractivity contribution in [2.75, 3.05) is 19.0 Å². The molecule has 0 saturated carbocycles. The van der Waals surface area contributed by atoms with Gasteiger partial charge < -0.3 is 28.2 Å². The number of ether oxygens (including phenoxy) is 3. The predicted molar refractivity (Wildman–Crippen MR) is 296 cm³/mol. The third kappa shape index (κ3) is 15.6. The Morgan fingerprint density at radius 1 is 0.577 bits per heavy atom. The van der Waals surface area contributed by atoms with Gasteiger partial charge in [0.2, 0.25) is 0 Å². The third-order valence-electron chi connectivity index (χ3n) is 13.4. The molecule has 0 spiro atoms. The van der Waals surface area contributed by atoms with Crippen molar-refractivity contribution in [3.8, 4) is 33.8 Å². The van der Waals surface area contributed by atoms with E-state index in [1.807, 2.05) is 97.1 Å². The van der Waals surface area contributed by atoms with Crippen LogP contribution in [0.3, 0.4) is 0 Å². The van der Waals surface area contributed by atoms with Crippen molar-refractivity contribution < 1.29 is 28.2 Å². The van der Waals surface area contributed by atoms with Crippen LogP contribution in [-0.4, -0.2) is 46.6 Å². The smallest absolute Gasteiger partial charge is 0.344 e. The van der Waals surface area contributed by atoms with E-state index in [2.05, 4.69) is 109 Å². The lowest BCUT2D eigenvalue weighted by molar-refractivity contribution is -0.139. The summed E-state index contributed by atoms with van der Waals surface area (Å²) in [7, 11) is 0. The van der Waals surface area contributed by atoms with E-state index < -0.39 is 33.3 Å². The monoisotopic (exact) mass is 987 g/mol. The third-order valence-corrected chi connectivity index (χ3v) is 15.2. The number of thioether (sulfide) groups is 1. The maximum atomic E-state index is 13.2. The Kier molecular flexibility index (Phi) is 17.6. The molecule has 6 rings (SSSR count). The van der Waals surface area contributed by atoms with Crippen LogP contribution in [0.5, 0.6) is 11.5 Å². The molecule has 0 radical (unpaired) electrons. The topological polar surface area (TPSA) is 108 Å². The van der Waals surface area contributed by atoms with Crippen LogP contribution in [0.15, 0.2) is 128 Å². The molecule has 0 aliphatic rings. The summed E-state index contributed by atoms with van der Waals surface area (Å²) >= 11 is 2.10. The van der Waals surface area contributed by atoms with Crippen LogP contribution < -0.4 is 20.7 Å². The average Bonchev–Trinajstić information content (AvgIpc) is 3.26. The predicted octanol–water partition coefficient (Wildman–Crippen LogP) is 15.8. The zero-order valence-electron chi connectivity index (χ0n) is 45.2. The van der Waals surface area contributed by atoms with Gasteiger partial charge in [0.1, 0.15) is 33.9 Å². The Balaban J connectivity index is 1.20. The molecule has 2 unspecified atom stereocenters. The molecule has 0 aliphatic heterocycles. The number of aliphatic hydroxyl groups is 1. The van der Waals surface area contributed by atoms with Gasteiger partial charge in [-0.3, -0.25) is 0 Å². The number of rotatable bonds is 23. The van der Waals surface area contributed by atoms with Crippen molar-refractivity contribution in [1.82, 2.24) is 0 Å². The molecule has 71 heavy (non-hydrogen) atoms. The summed E-state index contributed by atoms with van der Waals surface area (Å²) in [5.41, 5.74) is 1.03. The number of hydrogen-bond acceptors (Lipinski definition) is 9. The molecule has 2 aromatic heterocycles. The van der Waals surface area contributed by atoms with Gasteiger partial charge in [-0.1, -0.05) is 136 Å². The zero-order chi connectivity index (χ0) is 52.0. The Hall–Kier alpha value is -4.83. The zero-order valence-corrected chi connectivity index (χ0v) is 46.0. The van der Waals surface area contributed by atoms with Gasteiger partial charge in [-0.2, -0.15) is 11.8 Å². The summed E-state index contributed by atoms with van der Waals surface area (Å²) in [6.45, 7) is 31.8. The van der Waals surface area contributed by atoms with Crippen molar-refractivity contribution in [3.63, 3.8) is 0 Å². The lowest BCUT2D eigenvalue weighted by atomic mass is 9.64. The van der Waals surface area contributed by atoms with Crippen LogP contribution in [0, 0.1) is 27.6 Å². The van der Waals surface area contributed by atoms with Crippen LogP contribution in [-0.2, 0) is 4.74 Å². The molecule has 1 N–H and O–H groups in total. The van der Waals surface area contributed by atoms with Gasteiger partial charge in [0.25, 0.3) is 0 Å². The van der Waals surface area contributed by atoms with Gasteiger partial charge in [0.05, 0.1) is 23.8 Å². The molecule has 0 fully saturated rings. The van der Waals surface area contributed by atoms with Crippen molar-refractivity contribution in [2.45, 2.75) is 158 Å². The molecule has 9 heteroatoms. The van der Waals surface area contributed by atoms with Crippen molar-refractivity contribution in [2.24, 2.45) is 27.6 Å². The largest absolute Gasteiger partial charge is 0.488 e. The van der Waals surface area contributed by atoms with E-state index in [9.17, 15) is 14.7 Å². The van der Waals surface area contributed by atoms with Crippen LogP contribution >= 0.6 is 11.8 Å². The highest BCUT2D eigenvalue weighted by Gasteiger charge is 2.47. The second-order valence-electron chi connectivity index (χ2n) is 24.8. The van der Waals surface area contributed by atoms with Crippen molar-refractivity contribution >= 4 is 33.7 Å². The van der Waals surface area contributed by atoms with Gasteiger partial charge in [-0.05, 0) is 135 Å². The summed E-state index contributed by atoms with van der Waals surface area (Å²) in [6, 6.07) is 34.2. The van der Waals surface area contributed by atoms with Gasteiger partial charge in [-0.25, -0.2) is 9.59 Å². The number of hydrogen-bond donors (Lipinski definition) is 1. The molecule has 2 atom stereocenters. The summed E-state index contributed by atoms with van der Waals surface area (Å²) in [5.74, 6) is 2.29. The maximum absolute atomic E-state index is 13.2. The molecular weight excluding hydrogens is 905 g/mol. The number of unbranched alkanes of at least 4 members (excludes halogenated alkanes) is 1. The van der Waals surface area contributed by atoms with Gasteiger partial charge in [0.15, 0.2) is 0 Å². The second kappa shape index (κ2) is 22.5. The molecule has 0 amide bonds. The molecule has 0 bridgehead atoms. The molecule has 2 heterocycles. The molecule has 0 saturated heterocycles. The Morgan fingerprint density at radius 2 is 1.03 bits per heavy atom. The maximum Gasteiger partial charge on any atom is 0.344 e. The first-order valence-electron chi connectivity index (χ1n) is 25.6.